The van der Waals surface area contributed by atoms with Crippen LogP contribution in [0.25, 0.3) is 0 Å². The van der Waals surface area contributed by atoms with E-state index in [0.717, 1.165) is 5.56 Å². The molecule has 0 saturated heterocycles. The van der Waals surface area contributed by atoms with E-state index in [2.05, 4.69) is 0 Å². The van der Waals surface area contributed by atoms with Gasteiger partial charge in [-0.25, -0.2) is 0 Å². The van der Waals surface area contributed by atoms with Crippen LogP contribution in [0.2, 0.25) is 0 Å². The summed E-state index contributed by atoms with van der Waals surface area (Å²) in [5, 5.41) is 0. The van der Waals surface area contributed by atoms with E-state index in [4.69, 9.17) is 15.5 Å². The molecule has 0 spiro atoms. The van der Waals surface area contributed by atoms with Crippen molar-refractivity contribution in [3.63, 3.8) is 0 Å². The highest BCUT2D eigenvalue weighted by Crippen LogP contribution is 2.45. The quantitative estimate of drug-likeness (QED) is 0.641. The SMILES string of the molecule is NCCC(c1ccccc1)P(O)O. The average molecular weight is 199 g/mol. The Hall–Kier alpha value is -0.470. The number of hydrogen-bond donors (Lipinski definition) is 3. The number of hydrogen-bond acceptors (Lipinski definition) is 3. The largest absolute Gasteiger partial charge is 0.350 e. The fourth-order valence-electron chi connectivity index (χ4n) is 1.25. The molecule has 0 aromatic heterocycles. The maximum atomic E-state index is 9.16. The zero-order valence-corrected chi connectivity index (χ0v) is 8.19. The Bertz CT molecular complexity index is 241. The van der Waals surface area contributed by atoms with E-state index < -0.39 is 8.38 Å². The van der Waals surface area contributed by atoms with Gasteiger partial charge in [-0.15, -0.1) is 0 Å². The molecule has 0 aliphatic carbocycles. The van der Waals surface area contributed by atoms with Crippen molar-refractivity contribution in [3.8, 4) is 0 Å². The monoisotopic (exact) mass is 199 g/mol. The number of nitrogens with two attached hydrogens (primary N) is 1. The van der Waals surface area contributed by atoms with Crippen molar-refractivity contribution in [2.45, 2.75) is 12.1 Å². The van der Waals surface area contributed by atoms with Gasteiger partial charge in [-0.1, -0.05) is 30.3 Å². The maximum absolute atomic E-state index is 9.16. The molecular formula is C9H14NO2P. The Morgan fingerprint density at radius 1 is 1.23 bits per heavy atom. The average Bonchev–Trinajstić information content (AvgIpc) is 2.15. The lowest BCUT2D eigenvalue weighted by atomic mass is 10.1. The highest BCUT2D eigenvalue weighted by molar-refractivity contribution is 7.45. The predicted molar refractivity (Wildman–Crippen MR) is 54.2 cm³/mol. The van der Waals surface area contributed by atoms with Crippen molar-refractivity contribution in [3.05, 3.63) is 35.9 Å². The first kappa shape index (κ1) is 10.6. The summed E-state index contributed by atoms with van der Waals surface area (Å²) in [4.78, 5) is 18.3. The molecule has 1 aromatic carbocycles. The van der Waals surface area contributed by atoms with E-state index in [1.54, 1.807) is 0 Å². The minimum absolute atomic E-state index is 0.207. The van der Waals surface area contributed by atoms with Gasteiger partial charge in [-0.2, -0.15) is 0 Å². The highest BCUT2D eigenvalue weighted by atomic mass is 31.2. The second-order valence-electron chi connectivity index (χ2n) is 2.82. The topological polar surface area (TPSA) is 66.5 Å². The zero-order chi connectivity index (χ0) is 9.68. The molecule has 4 N–H and O–H groups in total. The normalized spacial score (nSPS) is 13.2. The third-order valence-electron chi connectivity index (χ3n) is 1.90. The van der Waals surface area contributed by atoms with Crippen LogP contribution in [0.4, 0.5) is 0 Å². The molecule has 0 radical (unpaired) electrons. The van der Waals surface area contributed by atoms with Crippen LogP contribution in [0.5, 0.6) is 0 Å². The van der Waals surface area contributed by atoms with Gasteiger partial charge in [-0.05, 0) is 18.5 Å². The van der Waals surface area contributed by atoms with Gasteiger partial charge in [0, 0.05) is 0 Å². The fourth-order valence-corrected chi connectivity index (χ4v) is 2.07. The molecule has 0 amide bonds. The Balaban J connectivity index is 2.76. The van der Waals surface area contributed by atoms with Crippen molar-refractivity contribution in [2.24, 2.45) is 5.73 Å². The minimum atomic E-state index is -1.93. The number of benzene rings is 1. The predicted octanol–water partition coefficient (Wildman–Crippen LogP) is 1.37. The van der Waals surface area contributed by atoms with Crippen LogP contribution in [0.3, 0.4) is 0 Å². The molecule has 72 valence electrons. The van der Waals surface area contributed by atoms with Crippen molar-refractivity contribution >= 4 is 8.38 Å². The van der Waals surface area contributed by atoms with Gasteiger partial charge >= 0.3 is 0 Å². The Kier molecular flexibility index (Phi) is 4.33. The molecule has 13 heavy (non-hydrogen) atoms. The van der Waals surface area contributed by atoms with Crippen LogP contribution in [0, 0.1) is 0 Å². The summed E-state index contributed by atoms with van der Waals surface area (Å²) in [6.07, 6.45) is 0.614. The first-order valence-electron chi connectivity index (χ1n) is 4.17. The molecule has 0 heterocycles. The Morgan fingerprint density at radius 3 is 2.31 bits per heavy atom. The van der Waals surface area contributed by atoms with Crippen LogP contribution >= 0.6 is 8.38 Å². The van der Waals surface area contributed by atoms with Crippen LogP contribution in [0.1, 0.15) is 17.6 Å². The van der Waals surface area contributed by atoms with Crippen LogP contribution < -0.4 is 5.73 Å². The third kappa shape index (κ3) is 3.05. The minimum Gasteiger partial charge on any atom is -0.350 e. The molecule has 1 unspecified atom stereocenters. The summed E-state index contributed by atoms with van der Waals surface area (Å²) in [6.45, 7) is 0.472. The van der Waals surface area contributed by atoms with E-state index in [9.17, 15) is 0 Å². The fraction of sp³-hybridized carbons (Fsp3) is 0.333. The number of rotatable bonds is 4. The molecule has 1 rings (SSSR count). The van der Waals surface area contributed by atoms with Gasteiger partial charge in [-0.3, -0.25) is 0 Å². The van der Waals surface area contributed by atoms with Crippen LogP contribution in [0.15, 0.2) is 30.3 Å². The first-order chi connectivity index (χ1) is 6.25. The van der Waals surface area contributed by atoms with Gasteiger partial charge in [0.15, 0.2) is 8.38 Å². The van der Waals surface area contributed by atoms with E-state index in [1.165, 1.54) is 0 Å². The van der Waals surface area contributed by atoms with Gasteiger partial charge in [0.2, 0.25) is 0 Å². The van der Waals surface area contributed by atoms with Crippen molar-refractivity contribution in [1.29, 1.82) is 0 Å². The molecule has 0 fully saturated rings. The van der Waals surface area contributed by atoms with E-state index >= 15 is 0 Å². The summed E-state index contributed by atoms with van der Waals surface area (Å²) >= 11 is 0. The molecular weight excluding hydrogens is 185 g/mol. The molecule has 0 aliphatic heterocycles. The summed E-state index contributed by atoms with van der Waals surface area (Å²) in [6, 6.07) is 9.46. The van der Waals surface area contributed by atoms with Crippen LogP contribution in [-0.4, -0.2) is 16.3 Å². The van der Waals surface area contributed by atoms with Gasteiger partial charge in [0.25, 0.3) is 0 Å². The Labute approximate surface area is 79.1 Å². The van der Waals surface area contributed by atoms with Crippen molar-refractivity contribution in [1.82, 2.24) is 0 Å². The van der Waals surface area contributed by atoms with Gasteiger partial charge in [0.1, 0.15) is 0 Å². The molecule has 0 saturated carbocycles. The Morgan fingerprint density at radius 2 is 1.85 bits per heavy atom. The molecule has 4 heteroatoms. The summed E-state index contributed by atoms with van der Waals surface area (Å²) in [5.41, 5.74) is 6.13. The van der Waals surface area contributed by atoms with E-state index in [1.807, 2.05) is 30.3 Å². The van der Waals surface area contributed by atoms with E-state index in [0.29, 0.717) is 13.0 Å². The maximum Gasteiger partial charge on any atom is 0.173 e. The van der Waals surface area contributed by atoms with Gasteiger partial charge < -0.3 is 15.5 Å². The van der Waals surface area contributed by atoms with Crippen LogP contribution in [-0.2, 0) is 0 Å². The second kappa shape index (κ2) is 5.30. The standard InChI is InChI=1S/C9H14NO2P/c10-7-6-9(13(11)12)8-4-2-1-3-5-8/h1-5,9,11-12H,6-7,10H2. The van der Waals surface area contributed by atoms with Crippen molar-refractivity contribution in [2.75, 3.05) is 6.54 Å². The molecule has 0 bridgehead atoms. The third-order valence-corrected chi connectivity index (χ3v) is 3.02. The lowest BCUT2D eigenvalue weighted by Crippen LogP contribution is -2.06. The van der Waals surface area contributed by atoms with Gasteiger partial charge in [0.05, 0.1) is 5.66 Å². The smallest absolute Gasteiger partial charge is 0.173 e. The molecule has 0 aliphatic rings. The second-order valence-corrected chi connectivity index (χ2v) is 4.09. The first-order valence-corrected chi connectivity index (χ1v) is 5.49. The lowest BCUT2D eigenvalue weighted by molar-refractivity contribution is 0.462. The van der Waals surface area contributed by atoms with Crippen molar-refractivity contribution < 1.29 is 9.79 Å². The lowest BCUT2D eigenvalue weighted by Gasteiger charge is -2.16. The summed E-state index contributed by atoms with van der Waals surface area (Å²) in [5.74, 6) is 0. The molecule has 1 aromatic rings. The molecule has 3 nitrogen and oxygen atoms in total. The highest BCUT2D eigenvalue weighted by Gasteiger charge is 2.18. The summed E-state index contributed by atoms with van der Waals surface area (Å²) < 4.78 is 0. The summed E-state index contributed by atoms with van der Waals surface area (Å²) in [7, 11) is -1.93. The van der Waals surface area contributed by atoms with E-state index in [-0.39, 0.29) is 5.66 Å². The molecule has 1 atom stereocenters. The zero-order valence-electron chi connectivity index (χ0n) is 7.30.